The molecule has 1 aliphatic rings. The number of carbonyl (C=O) groups excluding carboxylic acids is 2. The summed E-state index contributed by atoms with van der Waals surface area (Å²) in [5.74, 6) is -0.900. The van der Waals surface area contributed by atoms with Crippen LogP contribution in [0.5, 0.6) is 0 Å². The van der Waals surface area contributed by atoms with Crippen LogP contribution in [0.15, 0.2) is 30.9 Å². The highest BCUT2D eigenvalue weighted by Gasteiger charge is 2.34. The number of rotatable bonds is 3. The number of fused-ring (bicyclic) bond motifs is 1. The Morgan fingerprint density at radius 1 is 1.30 bits per heavy atom. The van der Waals surface area contributed by atoms with Gasteiger partial charge in [-0.3, -0.25) is 9.59 Å². The van der Waals surface area contributed by atoms with Crippen LogP contribution < -0.4 is 9.80 Å². The second kappa shape index (κ2) is 4.78. The molecule has 0 N–H and O–H groups in total. The Morgan fingerprint density at radius 3 is 2.50 bits per heavy atom. The third kappa shape index (κ3) is 2.22. The highest BCUT2D eigenvalue weighted by atomic mass is 16.2. The molecule has 0 aromatic heterocycles. The van der Waals surface area contributed by atoms with E-state index in [4.69, 9.17) is 0 Å². The molecule has 106 valence electrons. The Morgan fingerprint density at radius 2 is 1.95 bits per heavy atom. The van der Waals surface area contributed by atoms with Gasteiger partial charge in [0.1, 0.15) is 0 Å². The molecular formula is C16H20N2O2. The molecule has 20 heavy (non-hydrogen) atoms. The van der Waals surface area contributed by atoms with Crippen LogP contribution in [0.4, 0.5) is 11.4 Å². The van der Waals surface area contributed by atoms with Crippen molar-refractivity contribution in [3.63, 3.8) is 0 Å². The monoisotopic (exact) mass is 272 g/mol. The van der Waals surface area contributed by atoms with Crippen molar-refractivity contribution in [2.75, 3.05) is 23.4 Å². The summed E-state index contributed by atoms with van der Waals surface area (Å²) in [5.41, 5.74) is 2.06. The maximum Gasteiger partial charge on any atom is 0.299 e. The van der Waals surface area contributed by atoms with Gasteiger partial charge in [0.2, 0.25) is 0 Å². The number of hydrogen-bond donors (Lipinski definition) is 0. The van der Waals surface area contributed by atoms with Crippen molar-refractivity contribution in [3.05, 3.63) is 36.4 Å². The molecule has 0 radical (unpaired) electrons. The molecule has 1 aliphatic heterocycles. The normalized spacial score (nSPS) is 14.5. The van der Waals surface area contributed by atoms with Crippen molar-refractivity contribution >= 4 is 23.1 Å². The van der Waals surface area contributed by atoms with Gasteiger partial charge in [-0.1, -0.05) is 6.08 Å². The number of amides is 1. The van der Waals surface area contributed by atoms with E-state index < -0.39 is 11.7 Å². The van der Waals surface area contributed by atoms with Gasteiger partial charge in [0.15, 0.2) is 0 Å². The van der Waals surface area contributed by atoms with Crippen molar-refractivity contribution in [2.45, 2.75) is 26.3 Å². The molecule has 0 spiro atoms. The van der Waals surface area contributed by atoms with E-state index in [1.807, 2.05) is 18.2 Å². The molecule has 0 unspecified atom stereocenters. The zero-order valence-electron chi connectivity index (χ0n) is 12.4. The van der Waals surface area contributed by atoms with Crippen LogP contribution in [-0.2, 0) is 4.79 Å². The molecule has 1 aromatic rings. The first-order valence-electron chi connectivity index (χ1n) is 6.62. The van der Waals surface area contributed by atoms with Crippen LogP contribution in [0, 0.1) is 0 Å². The Kier molecular flexibility index (Phi) is 3.42. The van der Waals surface area contributed by atoms with Gasteiger partial charge in [0.05, 0.1) is 11.3 Å². The average Bonchev–Trinajstić information content (AvgIpc) is 2.59. The molecule has 0 fully saturated rings. The quantitative estimate of drug-likeness (QED) is 0.627. The SMILES string of the molecule is C=CCN(c1ccc2c(c1)N(C)C(=O)C2=O)C(C)(C)C. The first kappa shape index (κ1) is 14.3. The van der Waals surface area contributed by atoms with Gasteiger partial charge in [-0.25, -0.2) is 0 Å². The summed E-state index contributed by atoms with van der Waals surface area (Å²) in [6.45, 7) is 10.8. The molecule has 2 rings (SSSR count). The zero-order valence-corrected chi connectivity index (χ0v) is 12.4. The molecule has 1 heterocycles. The second-order valence-corrected chi connectivity index (χ2v) is 5.96. The van der Waals surface area contributed by atoms with Crippen molar-refractivity contribution in [3.8, 4) is 0 Å². The minimum atomic E-state index is -0.469. The van der Waals surface area contributed by atoms with Crippen molar-refractivity contribution < 1.29 is 9.59 Å². The summed E-state index contributed by atoms with van der Waals surface area (Å²) in [4.78, 5) is 27.1. The first-order chi connectivity index (χ1) is 9.27. The molecule has 0 aliphatic carbocycles. The molecule has 1 amide bonds. The van der Waals surface area contributed by atoms with Gasteiger partial charge < -0.3 is 9.80 Å². The predicted molar refractivity (Wildman–Crippen MR) is 81.5 cm³/mol. The molecule has 1 aromatic carbocycles. The standard InChI is InChI=1S/C16H20N2O2/c1-6-9-18(16(2,3)4)11-7-8-12-13(10-11)17(5)15(20)14(12)19/h6-8,10H,1,9H2,2-5H3. The topological polar surface area (TPSA) is 40.6 Å². The maximum atomic E-state index is 11.8. The van der Waals surface area contributed by atoms with E-state index in [0.29, 0.717) is 17.8 Å². The van der Waals surface area contributed by atoms with Gasteiger partial charge in [0, 0.05) is 24.8 Å². The lowest BCUT2D eigenvalue weighted by Gasteiger charge is -2.37. The van der Waals surface area contributed by atoms with Crippen LogP contribution >= 0.6 is 0 Å². The highest BCUT2D eigenvalue weighted by molar-refractivity contribution is 6.52. The lowest BCUT2D eigenvalue weighted by molar-refractivity contribution is -0.114. The van der Waals surface area contributed by atoms with E-state index in [1.165, 1.54) is 4.90 Å². The summed E-state index contributed by atoms with van der Waals surface area (Å²) >= 11 is 0. The highest BCUT2D eigenvalue weighted by Crippen LogP contribution is 2.34. The molecule has 4 heteroatoms. The summed E-state index contributed by atoms with van der Waals surface area (Å²) in [6, 6.07) is 5.51. The smallest absolute Gasteiger partial charge is 0.299 e. The third-order valence-corrected chi connectivity index (χ3v) is 3.52. The van der Waals surface area contributed by atoms with Crippen LogP contribution in [-0.4, -0.2) is 30.8 Å². The predicted octanol–water partition coefficient (Wildman–Crippen LogP) is 2.64. The van der Waals surface area contributed by atoms with Crippen LogP contribution in [0.1, 0.15) is 31.1 Å². The van der Waals surface area contributed by atoms with E-state index in [9.17, 15) is 9.59 Å². The minimum Gasteiger partial charge on any atom is -0.363 e. The molecule has 0 atom stereocenters. The maximum absolute atomic E-state index is 11.8. The van der Waals surface area contributed by atoms with E-state index >= 15 is 0 Å². The summed E-state index contributed by atoms with van der Waals surface area (Å²) in [6.07, 6.45) is 1.85. The minimum absolute atomic E-state index is 0.0758. The van der Waals surface area contributed by atoms with Gasteiger partial charge in [-0.2, -0.15) is 0 Å². The average molecular weight is 272 g/mol. The number of benzene rings is 1. The number of ketones is 1. The number of Topliss-reactive ketones (excluding diaryl/α,β-unsaturated/α-hetero) is 1. The fraction of sp³-hybridized carbons (Fsp3) is 0.375. The van der Waals surface area contributed by atoms with Crippen LogP contribution in [0.3, 0.4) is 0 Å². The van der Waals surface area contributed by atoms with E-state index in [0.717, 1.165) is 5.69 Å². The zero-order chi connectivity index (χ0) is 15.1. The van der Waals surface area contributed by atoms with Gasteiger partial charge in [-0.15, -0.1) is 6.58 Å². The Labute approximate surface area is 119 Å². The second-order valence-electron chi connectivity index (χ2n) is 5.96. The van der Waals surface area contributed by atoms with Crippen LogP contribution in [0.2, 0.25) is 0 Å². The number of carbonyl (C=O) groups is 2. The fourth-order valence-corrected chi connectivity index (χ4v) is 2.43. The van der Waals surface area contributed by atoms with E-state index in [2.05, 4.69) is 32.3 Å². The van der Waals surface area contributed by atoms with E-state index in [1.54, 1.807) is 13.1 Å². The third-order valence-electron chi connectivity index (χ3n) is 3.52. The Balaban J connectivity index is 2.49. The lowest BCUT2D eigenvalue weighted by atomic mass is 10.0. The number of nitrogens with zero attached hydrogens (tertiary/aromatic N) is 2. The fourth-order valence-electron chi connectivity index (χ4n) is 2.43. The molecule has 4 nitrogen and oxygen atoms in total. The molecular weight excluding hydrogens is 252 g/mol. The summed E-state index contributed by atoms with van der Waals surface area (Å²) in [7, 11) is 1.63. The Hall–Kier alpha value is -2.10. The molecule has 0 bridgehead atoms. The van der Waals surface area contributed by atoms with E-state index in [-0.39, 0.29) is 5.54 Å². The molecule has 0 saturated carbocycles. The number of anilines is 2. The summed E-state index contributed by atoms with van der Waals surface area (Å²) in [5, 5.41) is 0. The number of hydrogen-bond acceptors (Lipinski definition) is 3. The number of likely N-dealkylation sites (N-methyl/N-ethyl adjacent to an activating group) is 1. The van der Waals surface area contributed by atoms with Crippen molar-refractivity contribution in [1.82, 2.24) is 0 Å². The lowest BCUT2D eigenvalue weighted by Crippen LogP contribution is -2.41. The van der Waals surface area contributed by atoms with Crippen molar-refractivity contribution in [1.29, 1.82) is 0 Å². The largest absolute Gasteiger partial charge is 0.363 e. The van der Waals surface area contributed by atoms with Crippen LogP contribution in [0.25, 0.3) is 0 Å². The summed E-state index contributed by atoms with van der Waals surface area (Å²) < 4.78 is 0. The Bertz CT molecular complexity index is 585. The molecule has 0 saturated heterocycles. The van der Waals surface area contributed by atoms with Gasteiger partial charge in [-0.05, 0) is 39.0 Å². The first-order valence-corrected chi connectivity index (χ1v) is 6.62. The van der Waals surface area contributed by atoms with Gasteiger partial charge in [0.25, 0.3) is 11.7 Å². The van der Waals surface area contributed by atoms with Gasteiger partial charge >= 0.3 is 0 Å². The van der Waals surface area contributed by atoms with Crippen molar-refractivity contribution in [2.24, 2.45) is 0 Å².